The molecule has 6 rings (SSSR count). The molecule has 6 aromatic carbocycles. The lowest BCUT2D eigenvalue weighted by Gasteiger charge is -2.18. The van der Waals surface area contributed by atoms with Gasteiger partial charge in [0.25, 0.3) is 11.4 Å². The highest BCUT2D eigenvalue weighted by Gasteiger charge is 2.24. The molecule has 0 fully saturated rings. The minimum Gasteiger partial charge on any atom is -0.493 e. The van der Waals surface area contributed by atoms with Gasteiger partial charge in [-0.3, -0.25) is 20.2 Å². The van der Waals surface area contributed by atoms with Crippen LogP contribution in [-0.2, 0) is 0 Å². The second kappa shape index (κ2) is 20.5. The van der Waals surface area contributed by atoms with Gasteiger partial charge in [-0.2, -0.15) is 0 Å². The van der Waals surface area contributed by atoms with Crippen molar-refractivity contribution in [2.75, 3.05) is 56.9 Å². The summed E-state index contributed by atoms with van der Waals surface area (Å²) in [6.45, 7) is 3.72. The number of benzene rings is 6. The van der Waals surface area contributed by atoms with Crippen molar-refractivity contribution in [3.05, 3.63) is 109 Å². The largest absolute Gasteiger partial charge is 0.493 e. The number of ether oxygens (including phenoxy) is 8. The van der Waals surface area contributed by atoms with Crippen LogP contribution in [0.25, 0.3) is 32.7 Å². The molecule has 0 aromatic heterocycles. The van der Waals surface area contributed by atoms with Crippen LogP contribution < -0.4 is 43.4 Å². The zero-order valence-electron chi connectivity index (χ0n) is 34.6. The second-order valence-corrected chi connectivity index (χ2v) is 13.4. The Morgan fingerprint density at radius 1 is 0.517 bits per heavy atom. The topological polar surface area (TPSA) is 201 Å². The lowest BCUT2D eigenvalue weighted by atomic mass is 9.79. The quantitative estimate of drug-likeness (QED) is 0.0681. The molecule has 0 bridgehead atoms. The van der Waals surface area contributed by atoms with Crippen molar-refractivity contribution in [3.63, 3.8) is 0 Å². The zero-order valence-corrected chi connectivity index (χ0v) is 36.2. The third kappa shape index (κ3) is 9.51. The van der Waals surface area contributed by atoms with Crippen molar-refractivity contribution < 1.29 is 57.8 Å². The lowest BCUT2D eigenvalue weighted by molar-refractivity contribution is -0.383. The Balaban J connectivity index is 0.000000213. The minimum atomic E-state index is -1.49. The van der Waals surface area contributed by atoms with Crippen LogP contribution in [0.4, 0.5) is 11.4 Å². The summed E-state index contributed by atoms with van der Waals surface area (Å²) < 4.78 is 43.2. The first-order chi connectivity index (χ1) is 28.7. The van der Waals surface area contributed by atoms with Crippen molar-refractivity contribution in [2.24, 2.45) is 0 Å². The SMILES string of the molecule is COc1cc(-c2c(OC)c(OC)cc3c([N+](=O)[O-])cccc23)cc(C)c1OC.COc1cc(B(O)O)cc(C)c1OC.COc1cc2c([N+](=O)[O-])cccc2c(Br)c1OC. The molecule has 16 nitrogen and oxygen atoms in total. The summed E-state index contributed by atoms with van der Waals surface area (Å²) in [4.78, 5) is 21.7. The Labute approximate surface area is 354 Å². The van der Waals surface area contributed by atoms with E-state index in [1.165, 1.54) is 53.7 Å². The van der Waals surface area contributed by atoms with Crippen LogP contribution >= 0.6 is 15.9 Å². The highest BCUT2D eigenvalue weighted by atomic mass is 79.9. The van der Waals surface area contributed by atoms with E-state index in [-0.39, 0.29) is 11.4 Å². The number of methoxy groups -OCH3 is 8. The summed E-state index contributed by atoms with van der Waals surface area (Å²) in [7, 11) is 10.7. The number of nitro benzene ring substituents is 2. The first-order valence-electron chi connectivity index (χ1n) is 17.8. The highest BCUT2D eigenvalue weighted by molar-refractivity contribution is 9.10. The Morgan fingerprint density at radius 3 is 1.38 bits per heavy atom. The predicted octanol–water partition coefficient (Wildman–Crippen LogP) is 7.98. The van der Waals surface area contributed by atoms with Crippen molar-refractivity contribution >= 4 is 61.4 Å². The molecule has 0 aliphatic rings. The maximum absolute atomic E-state index is 11.6. The number of nitrogens with zero attached hydrogens (tertiary/aromatic N) is 2. The molecule has 18 heteroatoms. The molecule has 0 aliphatic heterocycles. The van der Waals surface area contributed by atoms with Crippen molar-refractivity contribution in [2.45, 2.75) is 13.8 Å². The van der Waals surface area contributed by atoms with Crippen LogP contribution in [0.1, 0.15) is 11.1 Å². The number of fused-ring (bicyclic) bond motifs is 2. The van der Waals surface area contributed by atoms with Gasteiger partial charge in [0, 0.05) is 28.5 Å². The molecule has 0 heterocycles. The van der Waals surface area contributed by atoms with Crippen molar-refractivity contribution in [1.29, 1.82) is 0 Å². The standard InChI is InChI=1S/C21H21NO6.C12H10BrNO4.C9H13BO4/c1-12-9-13(10-17(25-2)20(12)27-4)19-14-7-6-8-16(22(23)24)15(14)11-18(26-3)21(19)28-5;1-17-10-6-8-7(11(13)12(10)18-2)4-3-5-9(8)14(15)16;1-6-4-7(10(11)12)5-8(13-2)9(6)14-3/h6-11H,1-5H3;3-6H,1-2H3;4-5,11-12H,1-3H3. The van der Waals surface area contributed by atoms with E-state index in [9.17, 15) is 20.2 Å². The van der Waals surface area contributed by atoms with Gasteiger partial charge in [-0.25, -0.2) is 0 Å². The van der Waals surface area contributed by atoms with Crippen molar-refractivity contribution in [3.8, 4) is 57.1 Å². The molecule has 2 N–H and O–H groups in total. The fourth-order valence-corrected chi connectivity index (χ4v) is 7.32. The molecule has 0 atom stereocenters. The van der Waals surface area contributed by atoms with E-state index in [0.29, 0.717) is 83.0 Å². The van der Waals surface area contributed by atoms with Crippen LogP contribution in [0.2, 0.25) is 0 Å². The summed E-state index contributed by atoms with van der Waals surface area (Å²) in [6.07, 6.45) is 0. The fourth-order valence-electron chi connectivity index (χ4n) is 6.62. The summed E-state index contributed by atoms with van der Waals surface area (Å²) in [6, 6.07) is 20.0. The second-order valence-electron chi connectivity index (χ2n) is 12.6. The molecule has 0 radical (unpaired) electrons. The number of non-ortho nitro benzene ring substituents is 2. The number of rotatable bonds is 12. The summed E-state index contributed by atoms with van der Waals surface area (Å²) in [5.74, 6) is 4.15. The Kier molecular flexibility index (Phi) is 15.8. The number of aryl methyl sites for hydroxylation is 2. The van der Waals surface area contributed by atoms with Gasteiger partial charge in [0.1, 0.15) is 0 Å². The number of hydrogen-bond donors (Lipinski definition) is 2. The molecule has 6 aromatic rings. The normalized spacial score (nSPS) is 10.3. The van der Waals surface area contributed by atoms with Crippen LogP contribution in [0.3, 0.4) is 0 Å². The Morgan fingerprint density at radius 2 is 0.933 bits per heavy atom. The third-order valence-corrected chi connectivity index (χ3v) is 10.1. The lowest BCUT2D eigenvalue weighted by Crippen LogP contribution is -2.30. The third-order valence-electron chi connectivity index (χ3n) is 9.28. The van der Waals surface area contributed by atoms with E-state index in [4.69, 9.17) is 47.9 Å². The van der Waals surface area contributed by atoms with E-state index in [2.05, 4.69) is 15.9 Å². The molecule has 0 saturated carbocycles. The number of nitro groups is 2. The number of hydrogen-bond acceptors (Lipinski definition) is 14. The first-order valence-corrected chi connectivity index (χ1v) is 18.6. The maximum Gasteiger partial charge on any atom is 0.488 e. The van der Waals surface area contributed by atoms with E-state index in [0.717, 1.165) is 16.7 Å². The molecular formula is C42H44BBrN2O14. The van der Waals surface area contributed by atoms with Gasteiger partial charge in [-0.1, -0.05) is 30.3 Å². The van der Waals surface area contributed by atoms with Gasteiger partial charge < -0.3 is 47.9 Å². The average Bonchev–Trinajstić information content (AvgIpc) is 3.24. The summed E-state index contributed by atoms with van der Waals surface area (Å²) >= 11 is 3.39. The van der Waals surface area contributed by atoms with Gasteiger partial charge in [0.15, 0.2) is 46.0 Å². The molecular weight excluding hydrogens is 847 g/mol. The van der Waals surface area contributed by atoms with Gasteiger partial charge >= 0.3 is 7.12 Å². The first kappa shape index (κ1) is 46.2. The van der Waals surface area contributed by atoms with Gasteiger partial charge in [0.2, 0.25) is 0 Å². The predicted molar refractivity (Wildman–Crippen MR) is 232 cm³/mol. The molecule has 0 unspecified atom stereocenters. The highest BCUT2D eigenvalue weighted by Crippen LogP contribution is 2.48. The Bertz CT molecular complexity index is 2530. The summed E-state index contributed by atoms with van der Waals surface area (Å²) in [5, 5.41) is 42.9. The molecule has 0 amide bonds. The van der Waals surface area contributed by atoms with E-state index in [1.807, 2.05) is 32.0 Å². The van der Waals surface area contributed by atoms with Gasteiger partial charge in [-0.05, 0) is 82.3 Å². The van der Waals surface area contributed by atoms with Crippen molar-refractivity contribution in [1.82, 2.24) is 0 Å². The molecule has 0 saturated heterocycles. The van der Waals surface area contributed by atoms with E-state index >= 15 is 0 Å². The molecule has 60 heavy (non-hydrogen) atoms. The van der Waals surface area contributed by atoms with Crippen LogP contribution in [-0.4, -0.2) is 83.9 Å². The zero-order chi connectivity index (χ0) is 44.4. The van der Waals surface area contributed by atoms with Crippen LogP contribution in [0.15, 0.2) is 77.3 Å². The van der Waals surface area contributed by atoms with Crippen LogP contribution in [0, 0.1) is 34.1 Å². The average molecular weight is 892 g/mol. The van der Waals surface area contributed by atoms with E-state index < -0.39 is 17.0 Å². The maximum atomic E-state index is 11.6. The molecule has 0 spiro atoms. The number of halogens is 1. The smallest absolute Gasteiger partial charge is 0.488 e. The van der Waals surface area contributed by atoms with Crippen LogP contribution in [0.5, 0.6) is 46.0 Å². The monoisotopic (exact) mass is 890 g/mol. The summed E-state index contributed by atoms with van der Waals surface area (Å²) in [5.41, 5.74) is 3.54. The minimum absolute atomic E-state index is 0.00287. The Hall–Kier alpha value is -6.50. The molecule has 316 valence electrons. The molecule has 0 aliphatic carbocycles. The van der Waals surface area contributed by atoms with Gasteiger partial charge in [0.05, 0.1) is 82.0 Å². The van der Waals surface area contributed by atoms with Gasteiger partial charge in [-0.15, -0.1) is 0 Å². The van der Waals surface area contributed by atoms with E-state index in [1.54, 1.807) is 57.7 Å². The fraction of sp³-hybridized carbons (Fsp3) is 0.238.